The van der Waals surface area contributed by atoms with Gasteiger partial charge in [0.25, 0.3) is 5.91 Å². The van der Waals surface area contributed by atoms with Crippen LogP contribution < -0.4 is 5.32 Å². The van der Waals surface area contributed by atoms with Crippen molar-refractivity contribution in [1.82, 2.24) is 15.0 Å². The zero-order chi connectivity index (χ0) is 19.7. The van der Waals surface area contributed by atoms with E-state index in [0.29, 0.717) is 32.9 Å². The van der Waals surface area contributed by atoms with Gasteiger partial charge in [-0.15, -0.1) is 5.10 Å². The Bertz CT molecular complexity index is 1170. The molecule has 0 unspecified atom stereocenters. The zero-order valence-electron chi connectivity index (χ0n) is 14.4. The van der Waals surface area contributed by atoms with Crippen molar-refractivity contribution in [2.45, 2.75) is 6.54 Å². The smallest absolute Gasteiger partial charge is 0.255 e. The number of benzene rings is 3. The molecule has 5 nitrogen and oxygen atoms in total. The second-order valence-electron chi connectivity index (χ2n) is 6.13. The molecule has 0 atom stereocenters. The van der Waals surface area contributed by atoms with E-state index in [-0.39, 0.29) is 5.91 Å². The van der Waals surface area contributed by atoms with Crippen molar-refractivity contribution in [2.75, 3.05) is 5.32 Å². The first-order chi connectivity index (χ1) is 13.5. The number of carbonyl (C=O) groups is 1. The third-order valence-electron chi connectivity index (χ3n) is 4.23. The normalized spacial score (nSPS) is 11.0. The van der Waals surface area contributed by atoms with Crippen molar-refractivity contribution in [3.8, 4) is 0 Å². The number of para-hydroxylation sites is 1. The Morgan fingerprint density at radius 2 is 1.64 bits per heavy atom. The van der Waals surface area contributed by atoms with Gasteiger partial charge in [0.1, 0.15) is 5.52 Å². The standard InChI is InChI=1S/C20H13Cl3N4O/c21-14-9-16(23)18(10-15(14)22)24-20(28)13-7-5-12(6-8-13)11-27-19-4-2-1-3-17(19)25-26-27/h1-10H,11H2,(H,24,28). The Morgan fingerprint density at radius 3 is 2.43 bits per heavy atom. The second-order valence-corrected chi connectivity index (χ2v) is 7.35. The van der Waals surface area contributed by atoms with Crippen molar-refractivity contribution in [3.05, 3.63) is 86.9 Å². The summed E-state index contributed by atoms with van der Waals surface area (Å²) in [5, 5.41) is 12.0. The fourth-order valence-electron chi connectivity index (χ4n) is 2.78. The molecule has 0 aliphatic heterocycles. The van der Waals surface area contributed by atoms with Crippen LogP contribution in [-0.2, 0) is 6.54 Å². The number of fused-ring (bicyclic) bond motifs is 1. The molecule has 1 heterocycles. The van der Waals surface area contributed by atoms with Gasteiger partial charge in [-0.05, 0) is 42.0 Å². The molecule has 4 aromatic rings. The number of hydrogen-bond donors (Lipinski definition) is 1. The van der Waals surface area contributed by atoms with Crippen molar-refractivity contribution < 1.29 is 4.79 Å². The number of hydrogen-bond acceptors (Lipinski definition) is 3. The molecule has 1 aromatic heterocycles. The molecule has 0 saturated heterocycles. The summed E-state index contributed by atoms with van der Waals surface area (Å²) in [4.78, 5) is 12.5. The molecule has 0 aliphatic rings. The van der Waals surface area contributed by atoms with E-state index in [4.69, 9.17) is 34.8 Å². The minimum atomic E-state index is -0.293. The van der Waals surface area contributed by atoms with Gasteiger partial charge in [-0.3, -0.25) is 4.79 Å². The number of amides is 1. The molecule has 140 valence electrons. The molecule has 0 bridgehead atoms. The lowest BCUT2D eigenvalue weighted by Crippen LogP contribution is -2.12. The topological polar surface area (TPSA) is 59.8 Å². The molecule has 0 fully saturated rings. The predicted octanol–water partition coefficient (Wildman–Crippen LogP) is 5.69. The van der Waals surface area contributed by atoms with E-state index in [0.717, 1.165) is 16.6 Å². The minimum absolute atomic E-state index is 0.293. The van der Waals surface area contributed by atoms with Crippen LogP contribution in [0.5, 0.6) is 0 Å². The molecular weight excluding hydrogens is 419 g/mol. The molecule has 0 spiro atoms. The fourth-order valence-corrected chi connectivity index (χ4v) is 3.38. The number of nitrogens with zero attached hydrogens (tertiary/aromatic N) is 3. The van der Waals surface area contributed by atoms with Gasteiger partial charge in [0.05, 0.1) is 32.8 Å². The minimum Gasteiger partial charge on any atom is -0.321 e. The van der Waals surface area contributed by atoms with E-state index in [1.165, 1.54) is 12.1 Å². The molecular formula is C20H13Cl3N4O. The van der Waals surface area contributed by atoms with Crippen LogP contribution in [-0.4, -0.2) is 20.9 Å². The van der Waals surface area contributed by atoms with Gasteiger partial charge < -0.3 is 5.32 Å². The summed E-state index contributed by atoms with van der Waals surface area (Å²) in [5.41, 5.74) is 3.70. The first kappa shape index (κ1) is 18.7. The lowest BCUT2D eigenvalue weighted by molar-refractivity contribution is 0.102. The van der Waals surface area contributed by atoms with Gasteiger partial charge in [0, 0.05) is 5.56 Å². The Hall–Kier alpha value is -2.60. The first-order valence-corrected chi connectivity index (χ1v) is 9.48. The van der Waals surface area contributed by atoms with Crippen LogP contribution in [0.2, 0.25) is 15.1 Å². The second kappa shape index (κ2) is 7.80. The molecule has 0 radical (unpaired) electrons. The summed E-state index contributed by atoms with van der Waals surface area (Å²) in [6.07, 6.45) is 0. The quantitative estimate of drug-likeness (QED) is 0.422. The summed E-state index contributed by atoms with van der Waals surface area (Å²) in [6.45, 7) is 0.557. The summed E-state index contributed by atoms with van der Waals surface area (Å²) < 4.78 is 1.82. The molecule has 3 aromatic carbocycles. The highest BCUT2D eigenvalue weighted by atomic mass is 35.5. The van der Waals surface area contributed by atoms with E-state index >= 15 is 0 Å². The van der Waals surface area contributed by atoms with Gasteiger partial charge in [-0.25, -0.2) is 4.68 Å². The SMILES string of the molecule is O=C(Nc1cc(Cl)c(Cl)cc1Cl)c1ccc(Cn2nnc3ccccc32)cc1. The summed E-state index contributed by atoms with van der Waals surface area (Å²) in [5.74, 6) is -0.293. The van der Waals surface area contributed by atoms with E-state index in [1.54, 1.807) is 12.1 Å². The van der Waals surface area contributed by atoms with E-state index in [1.807, 2.05) is 41.1 Å². The molecule has 8 heteroatoms. The predicted molar refractivity (Wildman–Crippen MR) is 112 cm³/mol. The highest BCUT2D eigenvalue weighted by Gasteiger charge is 2.12. The van der Waals surface area contributed by atoms with Gasteiger partial charge in [-0.2, -0.15) is 0 Å². The Morgan fingerprint density at radius 1 is 0.929 bits per heavy atom. The maximum Gasteiger partial charge on any atom is 0.255 e. The lowest BCUT2D eigenvalue weighted by Gasteiger charge is -2.09. The molecule has 0 saturated carbocycles. The zero-order valence-corrected chi connectivity index (χ0v) is 16.6. The molecule has 0 aliphatic carbocycles. The van der Waals surface area contributed by atoms with E-state index in [2.05, 4.69) is 15.6 Å². The summed E-state index contributed by atoms with van der Waals surface area (Å²) in [6, 6.07) is 18.0. The van der Waals surface area contributed by atoms with Crippen LogP contribution in [0, 0.1) is 0 Å². The van der Waals surface area contributed by atoms with Crippen molar-refractivity contribution in [2.24, 2.45) is 0 Å². The number of halogens is 3. The summed E-state index contributed by atoms with van der Waals surface area (Å²) >= 11 is 18.0. The average Bonchev–Trinajstić information content (AvgIpc) is 3.09. The number of anilines is 1. The molecule has 1 N–H and O–H groups in total. The van der Waals surface area contributed by atoms with E-state index < -0.39 is 0 Å². The highest BCUT2D eigenvalue weighted by molar-refractivity contribution is 6.44. The van der Waals surface area contributed by atoms with Gasteiger partial charge in [0.15, 0.2) is 0 Å². The highest BCUT2D eigenvalue weighted by Crippen LogP contribution is 2.32. The average molecular weight is 432 g/mol. The fraction of sp³-hybridized carbons (Fsp3) is 0.0500. The van der Waals surface area contributed by atoms with Crippen LogP contribution in [0.3, 0.4) is 0 Å². The van der Waals surface area contributed by atoms with Crippen LogP contribution in [0.1, 0.15) is 15.9 Å². The number of carbonyl (C=O) groups excluding carboxylic acids is 1. The number of rotatable bonds is 4. The Labute approximate surface area is 175 Å². The number of aromatic nitrogens is 3. The monoisotopic (exact) mass is 430 g/mol. The van der Waals surface area contributed by atoms with Gasteiger partial charge in [-0.1, -0.05) is 64.3 Å². The van der Waals surface area contributed by atoms with Crippen LogP contribution in [0.25, 0.3) is 11.0 Å². The molecule has 1 amide bonds. The van der Waals surface area contributed by atoms with E-state index in [9.17, 15) is 4.79 Å². The van der Waals surface area contributed by atoms with Crippen LogP contribution in [0.15, 0.2) is 60.7 Å². The maximum absolute atomic E-state index is 12.5. The number of nitrogens with one attached hydrogen (secondary N) is 1. The third-order valence-corrected chi connectivity index (χ3v) is 5.26. The van der Waals surface area contributed by atoms with Crippen molar-refractivity contribution in [3.63, 3.8) is 0 Å². The molecule has 28 heavy (non-hydrogen) atoms. The Kier molecular flexibility index (Phi) is 5.22. The maximum atomic E-state index is 12.5. The van der Waals surface area contributed by atoms with Gasteiger partial charge >= 0.3 is 0 Å². The van der Waals surface area contributed by atoms with Crippen LogP contribution in [0.4, 0.5) is 5.69 Å². The van der Waals surface area contributed by atoms with Crippen LogP contribution >= 0.6 is 34.8 Å². The van der Waals surface area contributed by atoms with Crippen molar-refractivity contribution >= 4 is 57.4 Å². The summed E-state index contributed by atoms with van der Waals surface area (Å²) in [7, 11) is 0. The largest absolute Gasteiger partial charge is 0.321 e. The van der Waals surface area contributed by atoms with Crippen molar-refractivity contribution in [1.29, 1.82) is 0 Å². The first-order valence-electron chi connectivity index (χ1n) is 8.34. The Balaban J connectivity index is 1.50. The molecule has 4 rings (SSSR count). The van der Waals surface area contributed by atoms with Gasteiger partial charge in [0.2, 0.25) is 0 Å². The lowest BCUT2D eigenvalue weighted by atomic mass is 10.1. The third kappa shape index (κ3) is 3.83.